The Morgan fingerprint density at radius 3 is 2.45 bits per heavy atom. The van der Waals surface area contributed by atoms with Gasteiger partial charge in [0.1, 0.15) is 0 Å². The third kappa shape index (κ3) is 2.54. The van der Waals surface area contributed by atoms with Gasteiger partial charge in [0.15, 0.2) is 0 Å². The van der Waals surface area contributed by atoms with Gasteiger partial charge in [-0.3, -0.25) is 19.7 Å². The highest BCUT2D eigenvalue weighted by molar-refractivity contribution is 6.52. The zero-order chi connectivity index (χ0) is 15.1. The predicted molar refractivity (Wildman–Crippen MR) is 73.9 cm³/mol. The van der Waals surface area contributed by atoms with Gasteiger partial charge in [-0.2, -0.15) is 0 Å². The molecule has 1 aliphatic rings. The predicted octanol–water partition coefficient (Wildman–Crippen LogP) is 2.56. The van der Waals surface area contributed by atoms with Gasteiger partial charge in [0.2, 0.25) is 0 Å². The summed E-state index contributed by atoms with van der Waals surface area (Å²) in [5.74, 6) is -1.28. The van der Waals surface area contributed by atoms with Crippen LogP contribution in [0, 0.1) is 15.5 Å². The quantitative estimate of drug-likeness (QED) is 0.482. The number of nitrogens with zero attached hydrogens (tertiary/aromatic N) is 2. The molecule has 106 valence electrons. The topological polar surface area (TPSA) is 80.5 Å². The molecule has 2 rings (SSSR count). The van der Waals surface area contributed by atoms with Crippen molar-refractivity contribution in [2.75, 3.05) is 11.4 Å². The minimum absolute atomic E-state index is 0.0346. The monoisotopic (exact) mass is 276 g/mol. The maximum atomic E-state index is 12.0. The number of anilines is 1. The first-order chi connectivity index (χ1) is 9.20. The molecule has 0 fully saturated rings. The first-order valence-corrected chi connectivity index (χ1v) is 6.35. The molecule has 0 saturated heterocycles. The van der Waals surface area contributed by atoms with E-state index < -0.39 is 16.6 Å². The second-order valence-electron chi connectivity index (χ2n) is 6.06. The van der Waals surface area contributed by atoms with Crippen LogP contribution in [0.5, 0.6) is 0 Å². The van der Waals surface area contributed by atoms with Gasteiger partial charge in [-0.25, -0.2) is 0 Å². The summed E-state index contributed by atoms with van der Waals surface area (Å²) in [6.45, 7) is 6.57. The van der Waals surface area contributed by atoms with Gasteiger partial charge < -0.3 is 4.90 Å². The summed E-state index contributed by atoms with van der Waals surface area (Å²) < 4.78 is 0. The Morgan fingerprint density at radius 1 is 1.25 bits per heavy atom. The van der Waals surface area contributed by atoms with Gasteiger partial charge in [-0.1, -0.05) is 20.8 Å². The SMILES string of the molecule is CC(C)(C)CCN1C(=O)C(=O)c2cc([N+](=O)[O-])ccc21. The fraction of sp³-hybridized carbons (Fsp3) is 0.429. The zero-order valence-electron chi connectivity index (χ0n) is 11.7. The molecule has 20 heavy (non-hydrogen) atoms. The number of hydrogen-bond acceptors (Lipinski definition) is 4. The van der Waals surface area contributed by atoms with E-state index in [4.69, 9.17) is 0 Å². The third-order valence-corrected chi connectivity index (χ3v) is 3.25. The summed E-state index contributed by atoms with van der Waals surface area (Å²) in [5.41, 5.74) is 0.447. The Morgan fingerprint density at radius 2 is 1.90 bits per heavy atom. The van der Waals surface area contributed by atoms with E-state index in [1.54, 1.807) is 0 Å². The molecule has 1 heterocycles. The maximum Gasteiger partial charge on any atom is 0.299 e. The van der Waals surface area contributed by atoms with Crippen molar-refractivity contribution < 1.29 is 14.5 Å². The van der Waals surface area contributed by atoms with Crippen LogP contribution in [0.2, 0.25) is 0 Å². The molecule has 0 N–H and O–H groups in total. The summed E-state index contributed by atoms with van der Waals surface area (Å²) >= 11 is 0. The number of carbonyl (C=O) groups is 2. The van der Waals surface area contributed by atoms with Crippen molar-refractivity contribution in [2.24, 2.45) is 5.41 Å². The molecule has 0 aromatic heterocycles. The van der Waals surface area contributed by atoms with E-state index in [-0.39, 0.29) is 16.7 Å². The lowest BCUT2D eigenvalue weighted by Gasteiger charge is -2.23. The lowest BCUT2D eigenvalue weighted by atomic mass is 9.92. The number of rotatable bonds is 3. The molecule has 0 saturated carbocycles. The molecule has 0 bridgehead atoms. The second-order valence-corrected chi connectivity index (χ2v) is 6.06. The van der Waals surface area contributed by atoms with E-state index in [2.05, 4.69) is 0 Å². The molecule has 0 atom stereocenters. The van der Waals surface area contributed by atoms with Crippen molar-refractivity contribution in [1.82, 2.24) is 0 Å². The number of hydrogen-bond donors (Lipinski definition) is 0. The van der Waals surface area contributed by atoms with Gasteiger partial charge in [-0.05, 0) is 17.9 Å². The highest BCUT2D eigenvalue weighted by atomic mass is 16.6. The molecule has 6 nitrogen and oxygen atoms in total. The maximum absolute atomic E-state index is 12.0. The summed E-state index contributed by atoms with van der Waals surface area (Å²) in [6, 6.07) is 3.96. The fourth-order valence-corrected chi connectivity index (χ4v) is 2.07. The molecule has 1 aliphatic heterocycles. The standard InChI is InChI=1S/C14H16N2O4/c1-14(2,3)6-7-15-11-5-4-9(16(19)20)8-10(11)12(17)13(15)18/h4-5,8H,6-7H2,1-3H3. The van der Waals surface area contributed by atoms with E-state index in [1.807, 2.05) is 20.8 Å². The fourth-order valence-electron chi connectivity index (χ4n) is 2.07. The first-order valence-electron chi connectivity index (χ1n) is 6.35. The van der Waals surface area contributed by atoms with Crippen LogP contribution in [0.4, 0.5) is 11.4 Å². The molecule has 0 spiro atoms. The van der Waals surface area contributed by atoms with E-state index in [0.717, 1.165) is 6.42 Å². The van der Waals surface area contributed by atoms with Gasteiger partial charge in [0, 0.05) is 18.7 Å². The van der Waals surface area contributed by atoms with Crippen molar-refractivity contribution in [2.45, 2.75) is 27.2 Å². The summed E-state index contributed by atoms with van der Waals surface area (Å²) in [7, 11) is 0. The smallest absolute Gasteiger partial charge is 0.299 e. The summed E-state index contributed by atoms with van der Waals surface area (Å²) in [5, 5.41) is 10.7. The zero-order valence-corrected chi connectivity index (χ0v) is 11.7. The van der Waals surface area contributed by atoms with Crippen molar-refractivity contribution in [3.63, 3.8) is 0 Å². The normalized spacial score (nSPS) is 14.7. The van der Waals surface area contributed by atoms with Crippen LogP contribution in [0.3, 0.4) is 0 Å². The highest BCUT2D eigenvalue weighted by Crippen LogP contribution is 2.33. The first kappa shape index (κ1) is 14.2. The van der Waals surface area contributed by atoms with Crippen LogP contribution in [0.25, 0.3) is 0 Å². The van der Waals surface area contributed by atoms with Crippen LogP contribution in [-0.2, 0) is 4.79 Å². The second kappa shape index (κ2) is 4.70. The molecule has 0 aliphatic carbocycles. The van der Waals surface area contributed by atoms with Crippen LogP contribution in [-0.4, -0.2) is 23.2 Å². The van der Waals surface area contributed by atoms with Gasteiger partial charge >= 0.3 is 0 Å². The molecule has 6 heteroatoms. The van der Waals surface area contributed by atoms with Crippen molar-refractivity contribution in [3.05, 3.63) is 33.9 Å². The number of non-ortho nitro benzene ring substituents is 1. The number of Topliss-reactive ketones (excluding diaryl/α,β-unsaturated/α-hetero) is 1. The number of carbonyl (C=O) groups excluding carboxylic acids is 2. The summed E-state index contributed by atoms with van der Waals surface area (Å²) in [6.07, 6.45) is 0.739. The molecular weight excluding hydrogens is 260 g/mol. The molecule has 1 amide bonds. The molecule has 0 unspecified atom stereocenters. The number of nitro benzene ring substituents is 1. The Hall–Kier alpha value is -2.24. The van der Waals surface area contributed by atoms with Crippen LogP contribution in [0.1, 0.15) is 37.6 Å². The largest absolute Gasteiger partial charge is 0.305 e. The lowest BCUT2D eigenvalue weighted by molar-refractivity contribution is -0.384. The molecule has 1 aromatic rings. The molecule has 1 aromatic carbocycles. The third-order valence-electron chi connectivity index (χ3n) is 3.25. The number of fused-ring (bicyclic) bond motifs is 1. The Labute approximate surface area is 116 Å². The summed E-state index contributed by atoms with van der Waals surface area (Å²) in [4.78, 5) is 35.4. The molecule has 0 radical (unpaired) electrons. The minimum Gasteiger partial charge on any atom is -0.305 e. The highest BCUT2D eigenvalue weighted by Gasteiger charge is 2.37. The van der Waals surface area contributed by atoms with Gasteiger partial charge in [0.25, 0.3) is 17.4 Å². The van der Waals surface area contributed by atoms with Crippen LogP contribution < -0.4 is 4.90 Å². The van der Waals surface area contributed by atoms with E-state index >= 15 is 0 Å². The van der Waals surface area contributed by atoms with E-state index in [0.29, 0.717) is 12.2 Å². The number of amides is 1. The Kier molecular flexibility index (Phi) is 3.33. The Balaban J connectivity index is 2.34. The molecular formula is C14H16N2O4. The van der Waals surface area contributed by atoms with Crippen LogP contribution in [0.15, 0.2) is 18.2 Å². The Bertz CT molecular complexity index is 602. The average molecular weight is 276 g/mol. The van der Waals surface area contributed by atoms with Crippen LogP contribution >= 0.6 is 0 Å². The lowest BCUT2D eigenvalue weighted by Crippen LogP contribution is -2.32. The average Bonchev–Trinajstić information content (AvgIpc) is 2.58. The van der Waals surface area contributed by atoms with Crippen molar-refractivity contribution in [3.8, 4) is 0 Å². The number of benzene rings is 1. The van der Waals surface area contributed by atoms with Gasteiger partial charge in [-0.15, -0.1) is 0 Å². The number of ketones is 1. The van der Waals surface area contributed by atoms with Gasteiger partial charge in [0.05, 0.1) is 16.2 Å². The van der Waals surface area contributed by atoms with Crippen molar-refractivity contribution in [1.29, 1.82) is 0 Å². The van der Waals surface area contributed by atoms with E-state index in [1.165, 1.54) is 23.1 Å². The minimum atomic E-state index is -0.669. The van der Waals surface area contributed by atoms with E-state index in [9.17, 15) is 19.7 Å². The number of nitro groups is 1. The van der Waals surface area contributed by atoms with Crippen molar-refractivity contribution >= 4 is 23.1 Å².